The van der Waals surface area contributed by atoms with Gasteiger partial charge in [-0.1, -0.05) is 0 Å². The van der Waals surface area contributed by atoms with Crippen LogP contribution in [0.5, 0.6) is 5.75 Å². The van der Waals surface area contributed by atoms with Crippen molar-refractivity contribution in [3.05, 3.63) is 30.0 Å². The fourth-order valence-corrected chi connectivity index (χ4v) is 1.48. The number of halogens is 3. The molecule has 106 valence electrons. The lowest BCUT2D eigenvalue weighted by molar-refractivity contribution is -0.153. The minimum Gasteiger partial charge on any atom is -0.484 e. The fraction of sp³-hybridized carbons (Fsp3) is 0.182. The molecule has 1 aromatic heterocycles. The number of alkyl halides is 3. The zero-order valence-electron chi connectivity index (χ0n) is 9.94. The second kappa shape index (κ2) is 5.19. The summed E-state index contributed by atoms with van der Waals surface area (Å²) < 4.78 is 40.5. The number of nitrogens with one attached hydrogen (secondary N) is 1. The van der Waals surface area contributed by atoms with Crippen LogP contribution in [0, 0.1) is 0 Å². The van der Waals surface area contributed by atoms with Crippen LogP contribution in [-0.4, -0.2) is 34.1 Å². The van der Waals surface area contributed by atoms with Crippen LogP contribution in [0.4, 0.5) is 13.2 Å². The Morgan fingerprint density at radius 1 is 1.25 bits per heavy atom. The number of hydrogen-bond acceptors (Lipinski definition) is 4. The molecule has 0 bridgehead atoms. The number of aromatic amines is 1. The standard InChI is InChI=1S/C11H9F3N4O2/c12-11(13,14)5-20-7-3-1-6(2-4-7)8-9(10(15)19)17-18-16-8/h1-4H,5H2,(H2,15,19)(H,16,17,18). The Labute approximate surface area is 110 Å². The van der Waals surface area contributed by atoms with Crippen molar-refractivity contribution in [2.24, 2.45) is 5.73 Å². The summed E-state index contributed by atoms with van der Waals surface area (Å²) in [5.74, 6) is -0.707. The van der Waals surface area contributed by atoms with E-state index in [1.54, 1.807) is 0 Å². The lowest BCUT2D eigenvalue weighted by atomic mass is 10.1. The maximum Gasteiger partial charge on any atom is 0.422 e. The molecule has 0 saturated carbocycles. The van der Waals surface area contributed by atoms with Crippen LogP contribution in [0.3, 0.4) is 0 Å². The third kappa shape index (κ3) is 3.25. The second-order valence-electron chi connectivity index (χ2n) is 3.81. The van der Waals surface area contributed by atoms with Crippen LogP contribution in [0.15, 0.2) is 24.3 Å². The lowest BCUT2D eigenvalue weighted by Gasteiger charge is -2.09. The van der Waals surface area contributed by atoms with E-state index >= 15 is 0 Å². The molecule has 3 N–H and O–H groups in total. The topological polar surface area (TPSA) is 93.9 Å². The molecule has 1 amide bonds. The summed E-state index contributed by atoms with van der Waals surface area (Å²) in [4.78, 5) is 11.1. The van der Waals surface area contributed by atoms with Gasteiger partial charge < -0.3 is 10.5 Å². The van der Waals surface area contributed by atoms with E-state index in [4.69, 9.17) is 5.73 Å². The summed E-state index contributed by atoms with van der Waals surface area (Å²) in [6.45, 7) is -1.37. The molecule has 9 heteroatoms. The van der Waals surface area contributed by atoms with Crippen LogP contribution in [0.1, 0.15) is 10.5 Å². The van der Waals surface area contributed by atoms with Gasteiger partial charge in [0.1, 0.15) is 11.4 Å². The van der Waals surface area contributed by atoms with Gasteiger partial charge in [0, 0.05) is 5.56 Å². The van der Waals surface area contributed by atoms with E-state index in [9.17, 15) is 18.0 Å². The Morgan fingerprint density at radius 3 is 2.45 bits per heavy atom. The Hall–Kier alpha value is -2.58. The lowest BCUT2D eigenvalue weighted by Crippen LogP contribution is -2.19. The normalized spacial score (nSPS) is 11.3. The smallest absolute Gasteiger partial charge is 0.422 e. The predicted molar refractivity (Wildman–Crippen MR) is 61.9 cm³/mol. The van der Waals surface area contributed by atoms with E-state index in [-0.39, 0.29) is 17.1 Å². The number of primary amides is 1. The largest absolute Gasteiger partial charge is 0.484 e. The first-order valence-corrected chi connectivity index (χ1v) is 5.37. The molecular weight excluding hydrogens is 277 g/mol. The molecule has 2 aromatic rings. The molecule has 6 nitrogen and oxygen atoms in total. The van der Waals surface area contributed by atoms with Gasteiger partial charge in [-0.2, -0.15) is 28.6 Å². The summed E-state index contributed by atoms with van der Waals surface area (Å²) in [5.41, 5.74) is 5.76. The SMILES string of the molecule is NC(=O)c1n[nH]nc1-c1ccc(OCC(F)(F)F)cc1. The zero-order valence-corrected chi connectivity index (χ0v) is 9.94. The number of amides is 1. The highest BCUT2D eigenvalue weighted by Crippen LogP contribution is 2.24. The van der Waals surface area contributed by atoms with Gasteiger partial charge in [0.05, 0.1) is 0 Å². The number of hydrogen-bond donors (Lipinski definition) is 2. The van der Waals surface area contributed by atoms with Crippen LogP contribution in [0.25, 0.3) is 11.3 Å². The highest BCUT2D eigenvalue weighted by atomic mass is 19.4. The Bertz CT molecular complexity index is 607. The summed E-state index contributed by atoms with van der Waals surface area (Å²) in [5, 5.41) is 9.61. The first-order valence-electron chi connectivity index (χ1n) is 5.37. The third-order valence-corrected chi connectivity index (χ3v) is 2.31. The molecular formula is C11H9F3N4O2. The van der Waals surface area contributed by atoms with Gasteiger partial charge >= 0.3 is 6.18 Å². The third-order valence-electron chi connectivity index (χ3n) is 2.31. The van der Waals surface area contributed by atoms with Crippen LogP contribution >= 0.6 is 0 Å². The van der Waals surface area contributed by atoms with E-state index < -0.39 is 18.7 Å². The van der Waals surface area contributed by atoms with E-state index in [1.165, 1.54) is 24.3 Å². The Morgan fingerprint density at radius 2 is 1.90 bits per heavy atom. The van der Waals surface area contributed by atoms with Crippen molar-refractivity contribution in [1.82, 2.24) is 15.4 Å². The molecule has 0 spiro atoms. The maximum absolute atomic E-state index is 12.0. The van der Waals surface area contributed by atoms with Crippen LogP contribution in [-0.2, 0) is 0 Å². The van der Waals surface area contributed by atoms with E-state index in [2.05, 4.69) is 20.1 Å². The zero-order chi connectivity index (χ0) is 14.8. The molecule has 0 radical (unpaired) electrons. The molecule has 0 atom stereocenters. The summed E-state index contributed by atoms with van der Waals surface area (Å²) in [6.07, 6.45) is -4.40. The van der Waals surface area contributed by atoms with Gasteiger partial charge in [-0.15, -0.1) is 0 Å². The van der Waals surface area contributed by atoms with Gasteiger partial charge in [0.25, 0.3) is 5.91 Å². The molecule has 1 heterocycles. The van der Waals surface area contributed by atoms with Crippen molar-refractivity contribution in [1.29, 1.82) is 0 Å². The summed E-state index contributed by atoms with van der Waals surface area (Å²) in [7, 11) is 0. The highest BCUT2D eigenvalue weighted by molar-refractivity contribution is 5.96. The van der Waals surface area contributed by atoms with Gasteiger partial charge in [-0.3, -0.25) is 4.79 Å². The van der Waals surface area contributed by atoms with E-state index in [1.807, 2.05) is 0 Å². The maximum atomic E-state index is 12.0. The minimum absolute atomic E-state index is 0.0473. The first-order chi connectivity index (χ1) is 9.37. The average Bonchev–Trinajstić information content (AvgIpc) is 2.85. The predicted octanol–water partition coefficient (Wildman–Crippen LogP) is 1.51. The number of carbonyl (C=O) groups excluding carboxylic acids is 1. The van der Waals surface area contributed by atoms with E-state index in [0.29, 0.717) is 5.56 Å². The number of rotatable bonds is 4. The van der Waals surface area contributed by atoms with Crippen molar-refractivity contribution in [3.63, 3.8) is 0 Å². The number of nitrogens with zero attached hydrogens (tertiary/aromatic N) is 2. The summed E-state index contributed by atoms with van der Waals surface area (Å²) >= 11 is 0. The molecule has 1 aromatic carbocycles. The molecule has 0 aliphatic heterocycles. The van der Waals surface area contributed by atoms with Crippen molar-refractivity contribution in [3.8, 4) is 17.0 Å². The van der Waals surface area contributed by atoms with E-state index in [0.717, 1.165) is 0 Å². The number of H-pyrrole nitrogens is 1. The Kier molecular flexibility index (Phi) is 3.59. The average molecular weight is 286 g/mol. The fourth-order valence-electron chi connectivity index (χ4n) is 1.48. The molecule has 0 saturated heterocycles. The summed E-state index contributed by atoms with van der Waals surface area (Å²) in [6, 6.07) is 5.58. The van der Waals surface area contributed by atoms with Gasteiger partial charge in [0.2, 0.25) is 0 Å². The van der Waals surface area contributed by atoms with Crippen molar-refractivity contribution < 1.29 is 22.7 Å². The van der Waals surface area contributed by atoms with Crippen molar-refractivity contribution in [2.75, 3.05) is 6.61 Å². The van der Waals surface area contributed by atoms with Gasteiger partial charge in [0.15, 0.2) is 12.3 Å². The number of aromatic nitrogens is 3. The van der Waals surface area contributed by atoms with Crippen LogP contribution in [0.2, 0.25) is 0 Å². The molecule has 0 aliphatic carbocycles. The number of benzene rings is 1. The van der Waals surface area contributed by atoms with Crippen LogP contribution < -0.4 is 10.5 Å². The van der Waals surface area contributed by atoms with Gasteiger partial charge in [-0.05, 0) is 24.3 Å². The molecule has 0 fully saturated rings. The Balaban J connectivity index is 2.16. The van der Waals surface area contributed by atoms with Crippen molar-refractivity contribution in [2.45, 2.75) is 6.18 Å². The second-order valence-corrected chi connectivity index (χ2v) is 3.81. The quantitative estimate of drug-likeness (QED) is 0.890. The number of ether oxygens (including phenoxy) is 1. The number of carbonyl (C=O) groups is 1. The minimum atomic E-state index is -4.40. The number of nitrogens with two attached hydrogens (primary N) is 1. The first kappa shape index (κ1) is 13.8. The molecule has 0 unspecified atom stereocenters. The molecule has 2 rings (SSSR count). The molecule has 0 aliphatic rings. The monoisotopic (exact) mass is 286 g/mol. The molecule has 20 heavy (non-hydrogen) atoms. The van der Waals surface area contributed by atoms with Gasteiger partial charge in [-0.25, -0.2) is 0 Å². The van der Waals surface area contributed by atoms with Crippen molar-refractivity contribution >= 4 is 5.91 Å². The highest BCUT2D eigenvalue weighted by Gasteiger charge is 2.28.